The smallest absolute Gasteiger partial charge is 0.243 e. The number of rotatable bonds is 3. The van der Waals surface area contributed by atoms with Gasteiger partial charge in [0.05, 0.1) is 22.6 Å². The molecule has 1 heterocycles. The molecule has 2 rings (SSSR count). The Labute approximate surface area is 132 Å². The lowest BCUT2D eigenvalue weighted by atomic mass is 10.2. The molecule has 8 heteroatoms. The third-order valence-electron chi connectivity index (χ3n) is 3.17. The summed E-state index contributed by atoms with van der Waals surface area (Å²) in [5.41, 5.74) is 5.78. The average molecular weight is 384 g/mol. The van der Waals surface area contributed by atoms with Crippen molar-refractivity contribution in [2.75, 3.05) is 19.7 Å². The first-order chi connectivity index (χ1) is 9.32. The van der Waals surface area contributed by atoms with Crippen molar-refractivity contribution >= 4 is 37.6 Å². The molecule has 2 unspecified atom stereocenters. The summed E-state index contributed by atoms with van der Waals surface area (Å²) in [7, 11) is -3.56. The number of halogens is 2. The zero-order chi connectivity index (χ0) is 14.9. The molecule has 1 saturated heterocycles. The van der Waals surface area contributed by atoms with E-state index in [9.17, 15) is 8.42 Å². The van der Waals surface area contributed by atoms with Crippen molar-refractivity contribution in [1.82, 2.24) is 4.31 Å². The average Bonchev–Trinajstić information content (AvgIpc) is 2.42. The van der Waals surface area contributed by atoms with Gasteiger partial charge in [0, 0.05) is 23.6 Å². The third-order valence-corrected chi connectivity index (χ3v) is 6.25. The zero-order valence-corrected chi connectivity index (χ0v) is 14.1. The number of nitrogens with zero attached hydrogens (tertiary/aromatic N) is 1. The first-order valence-corrected chi connectivity index (χ1v) is 8.76. The van der Waals surface area contributed by atoms with E-state index in [0.717, 1.165) is 0 Å². The molecule has 112 valence electrons. The van der Waals surface area contributed by atoms with Crippen molar-refractivity contribution in [1.29, 1.82) is 0 Å². The van der Waals surface area contributed by atoms with Crippen LogP contribution in [0.15, 0.2) is 27.6 Å². The van der Waals surface area contributed by atoms with Crippen LogP contribution in [0, 0.1) is 0 Å². The number of hydrogen-bond donors (Lipinski definition) is 1. The van der Waals surface area contributed by atoms with E-state index in [-0.39, 0.29) is 23.6 Å². The fraction of sp³-hybridized carbons (Fsp3) is 0.500. The molecule has 0 bridgehead atoms. The molecule has 0 aromatic heterocycles. The second kappa shape index (κ2) is 6.29. The number of nitrogens with two attached hydrogens (primary N) is 1. The van der Waals surface area contributed by atoms with Gasteiger partial charge in [-0.2, -0.15) is 4.31 Å². The summed E-state index contributed by atoms with van der Waals surface area (Å²) < 4.78 is 32.6. The van der Waals surface area contributed by atoms with Gasteiger partial charge in [-0.3, -0.25) is 0 Å². The molecule has 5 nitrogen and oxygen atoms in total. The summed E-state index contributed by atoms with van der Waals surface area (Å²) in [6, 6.07) is 4.35. The summed E-state index contributed by atoms with van der Waals surface area (Å²) in [5.74, 6) is 0. The predicted octanol–water partition coefficient (Wildman–Crippen LogP) is 1.84. The van der Waals surface area contributed by atoms with Crippen LogP contribution in [0.2, 0.25) is 5.02 Å². The van der Waals surface area contributed by atoms with Crippen LogP contribution in [0.1, 0.15) is 6.92 Å². The van der Waals surface area contributed by atoms with Crippen molar-refractivity contribution in [2.45, 2.75) is 24.0 Å². The van der Waals surface area contributed by atoms with Gasteiger partial charge in [0.1, 0.15) is 0 Å². The Morgan fingerprint density at radius 1 is 1.55 bits per heavy atom. The van der Waals surface area contributed by atoms with Crippen LogP contribution in [0.4, 0.5) is 0 Å². The molecule has 2 N–H and O–H groups in total. The number of ether oxygens (including phenoxy) is 1. The second-order valence-corrected chi connectivity index (χ2v) is 7.91. The third kappa shape index (κ3) is 3.35. The van der Waals surface area contributed by atoms with Crippen molar-refractivity contribution < 1.29 is 13.2 Å². The van der Waals surface area contributed by atoms with Gasteiger partial charge in [0.15, 0.2) is 0 Å². The Morgan fingerprint density at radius 2 is 2.25 bits per heavy atom. The Morgan fingerprint density at radius 3 is 2.85 bits per heavy atom. The maximum Gasteiger partial charge on any atom is 0.243 e. The maximum atomic E-state index is 12.6. The molecule has 0 amide bonds. The molecule has 0 aliphatic carbocycles. The van der Waals surface area contributed by atoms with Crippen LogP contribution in [-0.2, 0) is 14.8 Å². The number of morpholine rings is 1. The second-order valence-electron chi connectivity index (χ2n) is 4.71. The highest BCUT2D eigenvalue weighted by Gasteiger charge is 2.32. The Hall–Kier alpha value is -0.180. The highest BCUT2D eigenvalue weighted by atomic mass is 79.9. The van der Waals surface area contributed by atoms with Gasteiger partial charge in [0.25, 0.3) is 0 Å². The van der Waals surface area contributed by atoms with Gasteiger partial charge in [-0.05, 0) is 41.1 Å². The highest BCUT2D eigenvalue weighted by Crippen LogP contribution is 2.27. The Kier molecular flexibility index (Phi) is 5.09. The molecular formula is C12H16BrClN2O3S. The van der Waals surface area contributed by atoms with Gasteiger partial charge >= 0.3 is 0 Å². The molecular weight excluding hydrogens is 368 g/mol. The molecule has 2 atom stereocenters. The lowest BCUT2D eigenvalue weighted by Crippen LogP contribution is -2.51. The molecule has 1 aliphatic heterocycles. The van der Waals surface area contributed by atoms with Crippen molar-refractivity contribution in [3.8, 4) is 0 Å². The van der Waals surface area contributed by atoms with Crippen LogP contribution in [0.3, 0.4) is 0 Å². The van der Waals surface area contributed by atoms with Gasteiger partial charge < -0.3 is 10.5 Å². The van der Waals surface area contributed by atoms with Crippen LogP contribution < -0.4 is 5.73 Å². The molecule has 1 aliphatic rings. The van der Waals surface area contributed by atoms with E-state index in [1.165, 1.54) is 16.4 Å². The normalized spacial score (nSPS) is 22.7. The van der Waals surface area contributed by atoms with Gasteiger partial charge in [0.2, 0.25) is 10.0 Å². The monoisotopic (exact) mass is 382 g/mol. The number of benzene rings is 1. The first-order valence-electron chi connectivity index (χ1n) is 6.15. The lowest BCUT2D eigenvalue weighted by Gasteiger charge is -2.33. The van der Waals surface area contributed by atoms with Crippen LogP contribution in [-0.4, -0.2) is 44.6 Å². The molecule has 0 spiro atoms. The zero-order valence-electron chi connectivity index (χ0n) is 10.9. The molecule has 20 heavy (non-hydrogen) atoms. The maximum absolute atomic E-state index is 12.6. The largest absolute Gasteiger partial charge is 0.374 e. The molecule has 1 aromatic rings. The quantitative estimate of drug-likeness (QED) is 0.864. The van der Waals surface area contributed by atoms with Crippen molar-refractivity contribution in [3.05, 3.63) is 27.7 Å². The predicted molar refractivity (Wildman–Crippen MR) is 81.3 cm³/mol. The highest BCUT2D eigenvalue weighted by molar-refractivity contribution is 9.10. The topological polar surface area (TPSA) is 72.6 Å². The van der Waals surface area contributed by atoms with E-state index in [0.29, 0.717) is 22.6 Å². The molecule has 1 aromatic carbocycles. The minimum Gasteiger partial charge on any atom is -0.374 e. The van der Waals surface area contributed by atoms with E-state index in [1.54, 1.807) is 13.0 Å². The van der Waals surface area contributed by atoms with E-state index in [1.807, 2.05) is 0 Å². The lowest BCUT2D eigenvalue weighted by molar-refractivity contribution is -0.0120. The van der Waals surface area contributed by atoms with Crippen LogP contribution in [0.5, 0.6) is 0 Å². The Balaban J connectivity index is 2.27. The summed E-state index contributed by atoms with van der Waals surface area (Å²) in [5, 5.41) is 0.472. The SMILES string of the molecule is CC(N)C1CN(S(=O)(=O)c2ccc(Cl)c(Br)c2)CCO1. The minimum atomic E-state index is -3.56. The van der Waals surface area contributed by atoms with Gasteiger partial charge in [-0.15, -0.1) is 0 Å². The van der Waals surface area contributed by atoms with Crippen LogP contribution in [0.25, 0.3) is 0 Å². The van der Waals surface area contributed by atoms with E-state index in [4.69, 9.17) is 22.1 Å². The van der Waals surface area contributed by atoms with Gasteiger partial charge in [-0.25, -0.2) is 8.42 Å². The first kappa shape index (κ1) is 16.2. The van der Waals surface area contributed by atoms with E-state index < -0.39 is 10.0 Å². The molecule has 0 radical (unpaired) electrons. The van der Waals surface area contributed by atoms with E-state index >= 15 is 0 Å². The standard InChI is InChI=1S/C12H16BrClN2O3S/c1-8(15)12-7-16(4-5-19-12)20(17,18)9-2-3-11(14)10(13)6-9/h2-3,6,8,12H,4-5,7,15H2,1H3. The minimum absolute atomic E-state index is 0.207. The fourth-order valence-electron chi connectivity index (χ4n) is 1.97. The summed E-state index contributed by atoms with van der Waals surface area (Å²) in [4.78, 5) is 0.207. The summed E-state index contributed by atoms with van der Waals surface area (Å²) >= 11 is 9.13. The molecule has 1 fully saturated rings. The van der Waals surface area contributed by atoms with Gasteiger partial charge in [-0.1, -0.05) is 11.6 Å². The van der Waals surface area contributed by atoms with Crippen molar-refractivity contribution in [3.63, 3.8) is 0 Å². The van der Waals surface area contributed by atoms with Crippen molar-refractivity contribution in [2.24, 2.45) is 5.73 Å². The summed E-state index contributed by atoms with van der Waals surface area (Å²) in [6.45, 7) is 2.74. The summed E-state index contributed by atoms with van der Waals surface area (Å²) in [6.07, 6.45) is -0.283. The fourth-order valence-corrected chi connectivity index (χ4v) is 4.08. The number of sulfonamides is 1. The number of hydrogen-bond acceptors (Lipinski definition) is 4. The molecule has 0 saturated carbocycles. The Bertz CT molecular complexity index is 594. The van der Waals surface area contributed by atoms with Crippen LogP contribution >= 0.6 is 27.5 Å². The van der Waals surface area contributed by atoms with E-state index in [2.05, 4.69) is 15.9 Å².